The minimum atomic E-state index is -0.336. The normalized spacial score (nSPS) is 20.6. The van der Waals surface area contributed by atoms with Crippen molar-refractivity contribution in [3.63, 3.8) is 0 Å². The van der Waals surface area contributed by atoms with Crippen LogP contribution in [0.25, 0.3) is 22.1 Å². The van der Waals surface area contributed by atoms with Gasteiger partial charge in [0.05, 0.1) is 6.33 Å². The minimum absolute atomic E-state index is 0.0412. The van der Waals surface area contributed by atoms with Gasteiger partial charge in [-0.2, -0.15) is 0 Å². The Bertz CT molecular complexity index is 1010. The molecule has 0 aliphatic carbocycles. The van der Waals surface area contributed by atoms with Gasteiger partial charge >= 0.3 is 0 Å². The van der Waals surface area contributed by atoms with Crippen molar-refractivity contribution in [1.29, 1.82) is 0 Å². The summed E-state index contributed by atoms with van der Waals surface area (Å²) in [6.45, 7) is 3.18. The third-order valence-corrected chi connectivity index (χ3v) is 4.97. The zero-order valence-electron chi connectivity index (χ0n) is 14.0. The average Bonchev–Trinajstić information content (AvgIpc) is 3.18. The summed E-state index contributed by atoms with van der Waals surface area (Å²) in [5.74, 6) is 0.231. The molecule has 7 nitrogen and oxygen atoms in total. The van der Waals surface area contributed by atoms with E-state index in [-0.39, 0.29) is 29.6 Å². The summed E-state index contributed by atoms with van der Waals surface area (Å²) >= 11 is 0. The molecular formula is C18H20N4O3. The molecule has 7 heteroatoms. The number of benzene rings is 1. The van der Waals surface area contributed by atoms with Crippen LogP contribution in [0.3, 0.4) is 0 Å². The second kappa shape index (κ2) is 6.00. The standard InChI is InChI=1S/C18H20N4O3/c1-11-6-12(7-19)8-22(11)15(23)9-21-10-20-16-13-4-2-3-5-14(13)25-17(16)18(21)24/h2-5,10-12H,6-9,19H2,1H3. The average molecular weight is 340 g/mol. The lowest BCUT2D eigenvalue weighted by atomic mass is 10.1. The molecule has 130 valence electrons. The fraction of sp³-hybridized carbons (Fsp3) is 0.389. The van der Waals surface area contributed by atoms with Crippen LogP contribution in [0.5, 0.6) is 0 Å². The largest absolute Gasteiger partial charge is 0.448 e. The lowest BCUT2D eigenvalue weighted by Crippen LogP contribution is -2.38. The molecule has 3 aromatic rings. The first-order chi connectivity index (χ1) is 12.1. The first-order valence-corrected chi connectivity index (χ1v) is 8.44. The Balaban J connectivity index is 1.66. The Morgan fingerprint density at radius 3 is 2.96 bits per heavy atom. The first-order valence-electron chi connectivity index (χ1n) is 8.44. The highest BCUT2D eigenvalue weighted by molar-refractivity contribution is 6.01. The Morgan fingerprint density at radius 2 is 2.20 bits per heavy atom. The van der Waals surface area contributed by atoms with Crippen LogP contribution in [0.1, 0.15) is 13.3 Å². The lowest BCUT2D eigenvalue weighted by molar-refractivity contribution is -0.132. The van der Waals surface area contributed by atoms with Crippen molar-refractivity contribution in [2.24, 2.45) is 11.7 Å². The Kier molecular flexibility index (Phi) is 3.80. The highest BCUT2D eigenvalue weighted by atomic mass is 16.3. The van der Waals surface area contributed by atoms with Crippen LogP contribution in [0, 0.1) is 5.92 Å². The van der Waals surface area contributed by atoms with Gasteiger partial charge in [0.15, 0.2) is 0 Å². The van der Waals surface area contributed by atoms with E-state index in [0.717, 1.165) is 11.8 Å². The van der Waals surface area contributed by atoms with Gasteiger partial charge in [0.25, 0.3) is 5.56 Å². The topological polar surface area (TPSA) is 94.4 Å². The van der Waals surface area contributed by atoms with E-state index in [1.807, 2.05) is 25.1 Å². The molecule has 1 fully saturated rings. The van der Waals surface area contributed by atoms with Crippen LogP contribution in [0.4, 0.5) is 0 Å². The van der Waals surface area contributed by atoms with Crippen LogP contribution in [0.15, 0.2) is 39.8 Å². The molecule has 1 aliphatic heterocycles. The van der Waals surface area contributed by atoms with Crippen molar-refractivity contribution in [2.45, 2.75) is 25.9 Å². The van der Waals surface area contributed by atoms with Crippen molar-refractivity contribution in [3.8, 4) is 0 Å². The molecule has 3 heterocycles. The van der Waals surface area contributed by atoms with Crippen molar-refractivity contribution in [3.05, 3.63) is 40.9 Å². The van der Waals surface area contributed by atoms with Crippen molar-refractivity contribution >= 4 is 28.0 Å². The molecule has 25 heavy (non-hydrogen) atoms. The SMILES string of the molecule is CC1CC(CN)CN1C(=O)Cn1cnc2c(oc3ccccc32)c1=O. The van der Waals surface area contributed by atoms with Gasteiger partial charge in [-0.3, -0.25) is 14.2 Å². The van der Waals surface area contributed by atoms with Crippen LogP contribution in [-0.2, 0) is 11.3 Å². The Labute approximate surface area is 144 Å². The van der Waals surface area contributed by atoms with Gasteiger partial charge in [-0.15, -0.1) is 0 Å². The zero-order chi connectivity index (χ0) is 17.6. The van der Waals surface area contributed by atoms with Gasteiger partial charge in [0, 0.05) is 18.0 Å². The van der Waals surface area contributed by atoms with Crippen molar-refractivity contribution in [1.82, 2.24) is 14.5 Å². The first kappa shape index (κ1) is 15.8. The van der Waals surface area contributed by atoms with E-state index in [0.29, 0.717) is 30.1 Å². The van der Waals surface area contributed by atoms with E-state index < -0.39 is 0 Å². The molecule has 0 saturated carbocycles. The molecule has 2 aromatic heterocycles. The maximum Gasteiger partial charge on any atom is 0.297 e. The molecule has 0 radical (unpaired) electrons. The van der Waals surface area contributed by atoms with Gasteiger partial charge in [-0.25, -0.2) is 4.98 Å². The Morgan fingerprint density at radius 1 is 1.40 bits per heavy atom. The molecule has 2 unspecified atom stereocenters. The second-order valence-electron chi connectivity index (χ2n) is 6.69. The fourth-order valence-electron chi connectivity index (χ4n) is 3.63. The van der Waals surface area contributed by atoms with E-state index >= 15 is 0 Å². The van der Waals surface area contributed by atoms with Crippen LogP contribution in [-0.4, -0.2) is 39.5 Å². The maximum atomic E-state index is 12.7. The summed E-state index contributed by atoms with van der Waals surface area (Å²) < 4.78 is 6.96. The minimum Gasteiger partial charge on any atom is -0.448 e. The molecule has 1 amide bonds. The number of aromatic nitrogens is 2. The van der Waals surface area contributed by atoms with Gasteiger partial charge in [0.2, 0.25) is 11.5 Å². The quantitative estimate of drug-likeness (QED) is 0.776. The van der Waals surface area contributed by atoms with Crippen LogP contribution < -0.4 is 11.3 Å². The molecule has 0 bridgehead atoms. The summed E-state index contributed by atoms with van der Waals surface area (Å²) in [5, 5.41) is 0.798. The summed E-state index contributed by atoms with van der Waals surface area (Å²) in [6.07, 6.45) is 2.32. The molecule has 0 spiro atoms. The number of carbonyl (C=O) groups is 1. The maximum absolute atomic E-state index is 12.7. The number of nitrogens with zero attached hydrogens (tertiary/aromatic N) is 3. The monoisotopic (exact) mass is 340 g/mol. The smallest absolute Gasteiger partial charge is 0.297 e. The third-order valence-electron chi connectivity index (χ3n) is 4.97. The molecule has 1 aliphatic rings. The van der Waals surface area contributed by atoms with Gasteiger partial charge in [-0.1, -0.05) is 12.1 Å². The van der Waals surface area contributed by atoms with E-state index in [2.05, 4.69) is 4.98 Å². The molecule has 4 rings (SSSR count). The number of likely N-dealkylation sites (tertiary alicyclic amines) is 1. The lowest BCUT2D eigenvalue weighted by Gasteiger charge is -2.21. The number of carbonyl (C=O) groups excluding carboxylic acids is 1. The summed E-state index contributed by atoms with van der Waals surface area (Å²) in [6, 6.07) is 7.51. The van der Waals surface area contributed by atoms with E-state index in [9.17, 15) is 9.59 Å². The number of furan rings is 1. The number of hydrogen-bond donors (Lipinski definition) is 1. The number of rotatable bonds is 3. The molecule has 1 aromatic carbocycles. The van der Waals surface area contributed by atoms with Gasteiger partial charge < -0.3 is 15.1 Å². The van der Waals surface area contributed by atoms with Crippen molar-refractivity contribution < 1.29 is 9.21 Å². The summed E-state index contributed by atoms with van der Waals surface area (Å²) in [4.78, 5) is 31.4. The fourth-order valence-corrected chi connectivity index (χ4v) is 3.63. The van der Waals surface area contributed by atoms with E-state index in [4.69, 9.17) is 10.2 Å². The summed E-state index contributed by atoms with van der Waals surface area (Å²) in [5.41, 5.74) is 6.71. The van der Waals surface area contributed by atoms with Crippen LogP contribution >= 0.6 is 0 Å². The van der Waals surface area contributed by atoms with E-state index in [1.165, 1.54) is 10.9 Å². The number of nitrogens with two attached hydrogens (primary N) is 1. The zero-order valence-corrected chi connectivity index (χ0v) is 14.0. The van der Waals surface area contributed by atoms with Crippen molar-refractivity contribution in [2.75, 3.05) is 13.1 Å². The third kappa shape index (κ3) is 2.60. The number of fused-ring (bicyclic) bond motifs is 3. The molecule has 1 saturated heterocycles. The highest BCUT2D eigenvalue weighted by Crippen LogP contribution is 2.25. The molecular weight excluding hydrogens is 320 g/mol. The van der Waals surface area contributed by atoms with Gasteiger partial charge in [0.1, 0.15) is 17.6 Å². The van der Waals surface area contributed by atoms with Crippen LogP contribution in [0.2, 0.25) is 0 Å². The summed E-state index contributed by atoms with van der Waals surface area (Å²) in [7, 11) is 0. The number of amides is 1. The highest BCUT2D eigenvalue weighted by Gasteiger charge is 2.31. The second-order valence-corrected chi connectivity index (χ2v) is 6.69. The number of hydrogen-bond acceptors (Lipinski definition) is 5. The predicted octanol–water partition coefficient (Wildman–Crippen LogP) is 1.34. The molecule has 2 atom stereocenters. The number of para-hydroxylation sites is 1. The van der Waals surface area contributed by atoms with Gasteiger partial charge in [-0.05, 0) is 37.9 Å². The van der Waals surface area contributed by atoms with E-state index in [1.54, 1.807) is 11.0 Å². The predicted molar refractivity (Wildman–Crippen MR) is 94.1 cm³/mol. The Hall–Kier alpha value is -2.67. The molecule has 2 N–H and O–H groups in total.